The van der Waals surface area contributed by atoms with E-state index in [9.17, 15) is 14.4 Å². The quantitative estimate of drug-likeness (QED) is 0.292. The SMILES string of the molecule is CCNC(=O)CNC(=O)C1(c2ccc3nc(C(NC(=O)OC)[C@H](c4ccccc4Cl)C(C)C)[nH]c3c2)CCOC1. The number of imidazole rings is 1. The second-order valence-electron chi connectivity index (χ2n) is 10.3. The maximum atomic E-state index is 13.4. The van der Waals surface area contributed by atoms with E-state index in [2.05, 4.69) is 34.8 Å². The van der Waals surface area contributed by atoms with Crippen molar-refractivity contribution in [3.05, 3.63) is 64.4 Å². The molecule has 0 bridgehead atoms. The van der Waals surface area contributed by atoms with E-state index in [-0.39, 0.29) is 36.8 Å². The molecule has 11 heteroatoms. The Kier molecular flexibility index (Phi) is 9.32. The van der Waals surface area contributed by atoms with Crippen LogP contribution in [0.3, 0.4) is 0 Å². The minimum Gasteiger partial charge on any atom is -0.453 e. The molecule has 1 fully saturated rings. The summed E-state index contributed by atoms with van der Waals surface area (Å²) in [7, 11) is 1.32. The summed E-state index contributed by atoms with van der Waals surface area (Å²) in [6.07, 6.45) is -0.107. The molecule has 0 aliphatic carbocycles. The van der Waals surface area contributed by atoms with E-state index in [0.717, 1.165) is 11.1 Å². The Morgan fingerprint density at radius 3 is 2.60 bits per heavy atom. The molecule has 214 valence electrons. The standard InChI is InChI=1S/C29H36ClN5O5/c1-5-31-23(36)15-32-27(37)29(12-13-40-16-29)18-10-11-21-22(14-18)34-26(33-21)25(35-28(38)39-4)24(17(2)3)19-8-6-7-9-20(19)30/h6-11,14,17,24-25H,5,12-13,15-16H2,1-4H3,(H,31,36)(H,32,37)(H,33,34)(H,35,38)/t24-,25?,29?/m0/s1. The zero-order chi connectivity index (χ0) is 28.9. The van der Waals surface area contributed by atoms with Gasteiger partial charge in [0.05, 0.1) is 42.8 Å². The van der Waals surface area contributed by atoms with E-state index in [4.69, 9.17) is 26.1 Å². The number of H-pyrrole nitrogens is 1. The molecular formula is C29H36ClN5O5. The average molecular weight is 570 g/mol. The number of nitrogens with one attached hydrogen (secondary N) is 4. The van der Waals surface area contributed by atoms with Crippen LogP contribution < -0.4 is 16.0 Å². The molecule has 0 radical (unpaired) electrons. The first-order chi connectivity index (χ1) is 19.2. The highest BCUT2D eigenvalue weighted by atomic mass is 35.5. The molecule has 40 heavy (non-hydrogen) atoms. The molecule has 4 N–H and O–H groups in total. The molecule has 3 aromatic rings. The number of carbonyl (C=O) groups excluding carboxylic acids is 3. The molecule has 2 heterocycles. The first-order valence-electron chi connectivity index (χ1n) is 13.4. The fourth-order valence-corrected chi connectivity index (χ4v) is 5.61. The third-order valence-corrected chi connectivity index (χ3v) is 7.73. The average Bonchev–Trinajstić information content (AvgIpc) is 3.60. The molecule has 1 aliphatic heterocycles. The number of fused-ring (bicyclic) bond motifs is 1. The second-order valence-corrected chi connectivity index (χ2v) is 10.7. The van der Waals surface area contributed by atoms with E-state index in [1.54, 1.807) is 0 Å². The number of aromatic nitrogens is 2. The smallest absolute Gasteiger partial charge is 0.407 e. The lowest BCUT2D eigenvalue weighted by molar-refractivity contribution is -0.129. The van der Waals surface area contributed by atoms with Crippen molar-refractivity contribution in [1.82, 2.24) is 25.9 Å². The number of rotatable bonds is 10. The van der Waals surface area contributed by atoms with E-state index in [1.807, 2.05) is 49.4 Å². The van der Waals surface area contributed by atoms with Crippen molar-refractivity contribution in [3.63, 3.8) is 0 Å². The number of aromatic amines is 1. The lowest BCUT2D eigenvalue weighted by Crippen LogP contribution is -2.48. The molecule has 1 aliphatic rings. The molecule has 3 amide bonds. The highest BCUT2D eigenvalue weighted by molar-refractivity contribution is 6.31. The van der Waals surface area contributed by atoms with Crippen LogP contribution in [0.15, 0.2) is 42.5 Å². The van der Waals surface area contributed by atoms with E-state index in [1.165, 1.54) is 7.11 Å². The number of nitrogens with zero attached hydrogens (tertiary/aromatic N) is 1. The topological polar surface area (TPSA) is 134 Å². The number of ether oxygens (including phenoxy) is 2. The Morgan fingerprint density at radius 2 is 1.95 bits per heavy atom. The van der Waals surface area contributed by atoms with Gasteiger partial charge in [-0.1, -0.05) is 49.7 Å². The van der Waals surface area contributed by atoms with Crippen LogP contribution in [-0.4, -0.2) is 61.3 Å². The first kappa shape index (κ1) is 29.4. The lowest BCUT2D eigenvalue weighted by atomic mass is 9.78. The molecule has 3 atom stereocenters. The number of carbonyl (C=O) groups is 3. The zero-order valence-electron chi connectivity index (χ0n) is 23.2. The highest BCUT2D eigenvalue weighted by Crippen LogP contribution is 2.40. The number of amides is 3. The summed E-state index contributed by atoms with van der Waals surface area (Å²) >= 11 is 6.60. The van der Waals surface area contributed by atoms with Crippen LogP contribution in [0.2, 0.25) is 5.02 Å². The van der Waals surface area contributed by atoms with Crippen molar-refractivity contribution in [2.45, 2.75) is 44.6 Å². The summed E-state index contributed by atoms with van der Waals surface area (Å²) in [6.45, 7) is 6.96. The lowest BCUT2D eigenvalue weighted by Gasteiger charge is -2.30. The highest BCUT2D eigenvalue weighted by Gasteiger charge is 2.44. The van der Waals surface area contributed by atoms with Crippen LogP contribution in [0.5, 0.6) is 0 Å². The van der Waals surface area contributed by atoms with Gasteiger partial charge in [-0.2, -0.15) is 0 Å². The molecule has 1 saturated heterocycles. The summed E-state index contributed by atoms with van der Waals surface area (Å²) in [4.78, 5) is 46.0. The normalized spacial score (nSPS) is 18.4. The van der Waals surface area contributed by atoms with E-state index in [0.29, 0.717) is 41.5 Å². The van der Waals surface area contributed by atoms with Crippen LogP contribution in [0.1, 0.15) is 56.1 Å². The molecule has 2 unspecified atom stereocenters. The Bertz CT molecular complexity index is 1370. The van der Waals surface area contributed by atoms with Gasteiger partial charge in [0.2, 0.25) is 11.8 Å². The molecule has 0 spiro atoms. The molecular weight excluding hydrogens is 534 g/mol. The number of alkyl carbamates (subject to hydrolysis) is 1. The maximum absolute atomic E-state index is 13.4. The summed E-state index contributed by atoms with van der Waals surface area (Å²) in [5.74, 6) is -0.116. The fraction of sp³-hybridized carbons (Fsp3) is 0.448. The fourth-order valence-electron chi connectivity index (χ4n) is 5.35. The van der Waals surface area contributed by atoms with E-state index >= 15 is 0 Å². The number of hydrogen-bond acceptors (Lipinski definition) is 6. The van der Waals surface area contributed by atoms with Gasteiger partial charge in [-0.05, 0) is 48.6 Å². The van der Waals surface area contributed by atoms with Gasteiger partial charge in [0.15, 0.2) is 0 Å². The van der Waals surface area contributed by atoms with Gasteiger partial charge in [-0.15, -0.1) is 0 Å². The number of hydrogen-bond donors (Lipinski definition) is 4. The van der Waals surface area contributed by atoms with Crippen LogP contribution in [0.4, 0.5) is 4.79 Å². The van der Waals surface area contributed by atoms with Crippen LogP contribution in [0.25, 0.3) is 11.0 Å². The predicted molar refractivity (Wildman–Crippen MR) is 152 cm³/mol. The molecule has 0 saturated carbocycles. The van der Waals surface area contributed by atoms with Crippen molar-refractivity contribution in [2.75, 3.05) is 33.4 Å². The molecule has 1 aromatic heterocycles. The summed E-state index contributed by atoms with van der Waals surface area (Å²) in [5.41, 5.74) is 2.08. The van der Waals surface area contributed by atoms with Gasteiger partial charge in [0.25, 0.3) is 0 Å². The van der Waals surface area contributed by atoms with Crippen LogP contribution in [0, 0.1) is 5.92 Å². The monoisotopic (exact) mass is 569 g/mol. The molecule has 4 rings (SSSR count). The first-order valence-corrected chi connectivity index (χ1v) is 13.8. The third kappa shape index (κ3) is 6.08. The maximum Gasteiger partial charge on any atom is 0.407 e. The third-order valence-electron chi connectivity index (χ3n) is 7.39. The molecule has 2 aromatic carbocycles. The minimum atomic E-state index is -0.937. The number of likely N-dealkylation sites (N-methyl/N-ethyl adjacent to an activating group) is 1. The van der Waals surface area contributed by atoms with Gasteiger partial charge in [0, 0.05) is 24.1 Å². The van der Waals surface area contributed by atoms with Gasteiger partial charge in [-0.25, -0.2) is 9.78 Å². The van der Waals surface area contributed by atoms with Crippen molar-refractivity contribution < 1.29 is 23.9 Å². The predicted octanol–water partition coefficient (Wildman–Crippen LogP) is 3.96. The van der Waals surface area contributed by atoms with Crippen molar-refractivity contribution >= 4 is 40.5 Å². The van der Waals surface area contributed by atoms with Crippen molar-refractivity contribution in [1.29, 1.82) is 0 Å². The Morgan fingerprint density at radius 1 is 1.18 bits per heavy atom. The largest absolute Gasteiger partial charge is 0.453 e. The summed E-state index contributed by atoms with van der Waals surface area (Å²) < 4.78 is 10.6. The summed E-state index contributed by atoms with van der Waals surface area (Å²) in [6, 6.07) is 12.6. The van der Waals surface area contributed by atoms with Crippen molar-refractivity contribution in [2.24, 2.45) is 5.92 Å². The van der Waals surface area contributed by atoms with Gasteiger partial charge in [-0.3, -0.25) is 9.59 Å². The number of benzene rings is 2. The van der Waals surface area contributed by atoms with Crippen LogP contribution >= 0.6 is 11.6 Å². The van der Waals surface area contributed by atoms with E-state index < -0.39 is 17.6 Å². The molecule has 10 nitrogen and oxygen atoms in total. The Hall–Kier alpha value is -3.63. The van der Waals surface area contributed by atoms with Gasteiger partial charge in [0.1, 0.15) is 5.82 Å². The zero-order valence-corrected chi connectivity index (χ0v) is 23.9. The van der Waals surface area contributed by atoms with Gasteiger partial charge < -0.3 is 30.4 Å². The Balaban J connectivity index is 1.72. The Labute approximate surface area is 238 Å². The minimum absolute atomic E-state index is 0.0818. The van der Waals surface area contributed by atoms with Crippen molar-refractivity contribution in [3.8, 4) is 0 Å². The second kappa shape index (κ2) is 12.7. The van der Waals surface area contributed by atoms with Crippen LogP contribution in [-0.2, 0) is 24.5 Å². The summed E-state index contributed by atoms with van der Waals surface area (Å²) in [5, 5.41) is 9.00. The number of halogens is 1. The van der Waals surface area contributed by atoms with Gasteiger partial charge >= 0.3 is 6.09 Å². The number of methoxy groups -OCH3 is 1.